The fourth-order valence-corrected chi connectivity index (χ4v) is 3.57. The highest BCUT2D eigenvalue weighted by atomic mass is 19.1. The standard InChI is InChI=1S/C20H21FN2O4/c21-13-3-4-16-14(9-13)15(10-17(23-16)12-1-2-12)18(24)22-11-20(19(25)26)5-7-27-8-6-20/h3-4,9-10,12H,1-2,5-8,11H2,(H,22,24)(H,25,26). The maximum Gasteiger partial charge on any atom is 0.311 e. The van der Waals surface area contributed by atoms with Gasteiger partial charge in [0.05, 0.1) is 16.5 Å². The number of aliphatic carboxylic acids is 1. The lowest BCUT2D eigenvalue weighted by Crippen LogP contribution is -2.46. The van der Waals surface area contributed by atoms with E-state index in [2.05, 4.69) is 10.3 Å². The number of aromatic nitrogens is 1. The Labute approximate surface area is 155 Å². The second-order valence-corrected chi connectivity index (χ2v) is 7.41. The summed E-state index contributed by atoms with van der Waals surface area (Å²) in [5.74, 6) is -1.44. The number of rotatable bonds is 5. The number of ether oxygens (including phenoxy) is 1. The fraction of sp³-hybridized carbons (Fsp3) is 0.450. The van der Waals surface area contributed by atoms with Crippen molar-refractivity contribution in [3.05, 3.63) is 41.3 Å². The molecule has 27 heavy (non-hydrogen) atoms. The normalized spacial score (nSPS) is 19.0. The lowest BCUT2D eigenvalue weighted by molar-refractivity contribution is -0.154. The van der Waals surface area contributed by atoms with E-state index in [1.807, 2.05) is 0 Å². The molecule has 1 aliphatic carbocycles. The number of benzene rings is 1. The van der Waals surface area contributed by atoms with E-state index >= 15 is 0 Å². The number of nitrogens with zero attached hydrogens (tertiary/aromatic N) is 1. The minimum absolute atomic E-state index is 0.0163. The molecule has 0 radical (unpaired) electrons. The first-order chi connectivity index (χ1) is 13.0. The lowest BCUT2D eigenvalue weighted by Gasteiger charge is -2.33. The van der Waals surface area contributed by atoms with Gasteiger partial charge in [0.15, 0.2) is 0 Å². The second kappa shape index (κ2) is 6.88. The Morgan fingerprint density at radius 2 is 2.00 bits per heavy atom. The Morgan fingerprint density at radius 1 is 1.26 bits per heavy atom. The summed E-state index contributed by atoms with van der Waals surface area (Å²) in [5, 5.41) is 12.8. The van der Waals surface area contributed by atoms with Crippen LogP contribution in [0.2, 0.25) is 0 Å². The molecule has 0 unspecified atom stereocenters. The summed E-state index contributed by atoms with van der Waals surface area (Å²) < 4.78 is 19.0. The van der Waals surface area contributed by atoms with E-state index in [1.54, 1.807) is 12.1 Å². The van der Waals surface area contributed by atoms with Crippen LogP contribution in [0.5, 0.6) is 0 Å². The summed E-state index contributed by atoms with van der Waals surface area (Å²) in [7, 11) is 0. The number of carbonyl (C=O) groups is 2. The average molecular weight is 372 g/mol. The first-order valence-electron chi connectivity index (χ1n) is 9.18. The largest absolute Gasteiger partial charge is 0.481 e. The van der Waals surface area contributed by atoms with Crippen molar-refractivity contribution in [2.75, 3.05) is 19.8 Å². The Kier molecular flexibility index (Phi) is 4.55. The maximum atomic E-state index is 13.7. The molecule has 1 aromatic heterocycles. The summed E-state index contributed by atoms with van der Waals surface area (Å²) in [6, 6.07) is 5.92. The van der Waals surface area contributed by atoms with Gasteiger partial charge in [0.25, 0.3) is 5.91 Å². The van der Waals surface area contributed by atoms with Crippen molar-refractivity contribution in [2.24, 2.45) is 5.41 Å². The van der Waals surface area contributed by atoms with E-state index in [1.165, 1.54) is 12.1 Å². The molecule has 1 aromatic carbocycles. The molecule has 7 heteroatoms. The van der Waals surface area contributed by atoms with Crippen LogP contribution >= 0.6 is 0 Å². The van der Waals surface area contributed by atoms with Crippen molar-refractivity contribution in [2.45, 2.75) is 31.6 Å². The number of fused-ring (bicyclic) bond motifs is 1. The number of carboxylic acids is 1. The summed E-state index contributed by atoms with van der Waals surface area (Å²) >= 11 is 0. The molecule has 2 aliphatic rings. The highest BCUT2D eigenvalue weighted by Crippen LogP contribution is 2.40. The molecule has 0 atom stereocenters. The van der Waals surface area contributed by atoms with Crippen LogP contribution in [0.1, 0.15) is 47.7 Å². The Bertz CT molecular complexity index is 904. The first kappa shape index (κ1) is 17.9. The van der Waals surface area contributed by atoms with E-state index < -0.39 is 23.1 Å². The van der Waals surface area contributed by atoms with Gasteiger partial charge in [-0.05, 0) is 49.9 Å². The summed E-state index contributed by atoms with van der Waals surface area (Å²) in [4.78, 5) is 29.2. The quantitative estimate of drug-likeness (QED) is 0.843. The minimum Gasteiger partial charge on any atom is -0.481 e. The van der Waals surface area contributed by atoms with Gasteiger partial charge in [-0.2, -0.15) is 0 Å². The Morgan fingerprint density at radius 3 is 2.67 bits per heavy atom. The summed E-state index contributed by atoms with van der Waals surface area (Å²) in [6.45, 7) is 0.733. The van der Waals surface area contributed by atoms with Crippen LogP contribution in [-0.2, 0) is 9.53 Å². The highest BCUT2D eigenvalue weighted by molar-refractivity contribution is 6.06. The van der Waals surface area contributed by atoms with Crippen LogP contribution < -0.4 is 5.32 Å². The van der Waals surface area contributed by atoms with Crippen LogP contribution in [0.4, 0.5) is 4.39 Å². The number of amides is 1. The van der Waals surface area contributed by atoms with E-state index in [0.29, 0.717) is 48.4 Å². The van der Waals surface area contributed by atoms with Gasteiger partial charge in [-0.1, -0.05) is 0 Å². The zero-order valence-corrected chi connectivity index (χ0v) is 14.8. The van der Waals surface area contributed by atoms with Crippen molar-refractivity contribution in [1.29, 1.82) is 0 Å². The molecule has 2 heterocycles. The van der Waals surface area contributed by atoms with Crippen LogP contribution in [-0.4, -0.2) is 41.7 Å². The third-order valence-corrected chi connectivity index (χ3v) is 5.52. The Hall–Kier alpha value is -2.54. The van der Waals surface area contributed by atoms with Crippen LogP contribution in [0.25, 0.3) is 10.9 Å². The molecular weight excluding hydrogens is 351 g/mol. The minimum atomic E-state index is -1.03. The number of halogens is 1. The molecule has 1 aliphatic heterocycles. The maximum absolute atomic E-state index is 13.7. The zero-order chi connectivity index (χ0) is 19.0. The molecule has 1 amide bonds. The van der Waals surface area contributed by atoms with Crippen molar-refractivity contribution in [3.8, 4) is 0 Å². The number of carbonyl (C=O) groups excluding carboxylic acids is 1. The predicted molar refractivity (Wildman–Crippen MR) is 96.1 cm³/mol. The smallest absolute Gasteiger partial charge is 0.311 e. The third-order valence-electron chi connectivity index (χ3n) is 5.52. The van der Waals surface area contributed by atoms with Gasteiger partial charge >= 0.3 is 5.97 Å². The van der Waals surface area contributed by atoms with Gasteiger partial charge in [0, 0.05) is 36.8 Å². The van der Waals surface area contributed by atoms with Gasteiger partial charge in [-0.25, -0.2) is 4.39 Å². The van der Waals surface area contributed by atoms with Gasteiger partial charge in [0.2, 0.25) is 0 Å². The number of carboxylic acid groups (broad SMARTS) is 1. The van der Waals surface area contributed by atoms with Crippen molar-refractivity contribution < 1.29 is 23.8 Å². The SMILES string of the molecule is O=C(NCC1(C(=O)O)CCOCC1)c1cc(C2CC2)nc2ccc(F)cc12. The highest BCUT2D eigenvalue weighted by Gasteiger charge is 2.40. The second-order valence-electron chi connectivity index (χ2n) is 7.41. The number of nitrogens with one attached hydrogen (secondary N) is 1. The predicted octanol–water partition coefficient (Wildman–Crippen LogP) is 2.86. The van der Waals surface area contributed by atoms with Gasteiger partial charge < -0.3 is 15.2 Å². The fourth-order valence-electron chi connectivity index (χ4n) is 3.57. The van der Waals surface area contributed by atoms with E-state index in [4.69, 9.17) is 4.74 Å². The van der Waals surface area contributed by atoms with Gasteiger partial charge in [-0.3, -0.25) is 14.6 Å². The molecule has 1 saturated heterocycles. The van der Waals surface area contributed by atoms with Crippen molar-refractivity contribution in [1.82, 2.24) is 10.3 Å². The van der Waals surface area contributed by atoms with Crippen LogP contribution in [0.15, 0.2) is 24.3 Å². The lowest BCUT2D eigenvalue weighted by atomic mass is 9.80. The average Bonchev–Trinajstić information content (AvgIpc) is 3.51. The van der Waals surface area contributed by atoms with Gasteiger partial charge in [0.1, 0.15) is 5.82 Å². The molecule has 0 spiro atoms. The van der Waals surface area contributed by atoms with Crippen LogP contribution in [0, 0.1) is 11.2 Å². The molecule has 0 bridgehead atoms. The molecule has 142 valence electrons. The molecule has 1 saturated carbocycles. The molecule has 2 aromatic rings. The number of hydrogen-bond donors (Lipinski definition) is 2. The first-order valence-corrected chi connectivity index (χ1v) is 9.18. The summed E-state index contributed by atoms with van der Waals surface area (Å²) in [5.41, 5.74) is 0.721. The van der Waals surface area contributed by atoms with E-state index in [-0.39, 0.29) is 6.54 Å². The van der Waals surface area contributed by atoms with Crippen molar-refractivity contribution in [3.63, 3.8) is 0 Å². The monoisotopic (exact) mass is 372 g/mol. The number of hydrogen-bond acceptors (Lipinski definition) is 4. The van der Waals surface area contributed by atoms with E-state index in [9.17, 15) is 19.1 Å². The Balaban J connectivity index is 1.63. The zero-order valence-electron chi connectivity index (χ0n) is 14.8. The summed E-state index contributed by atoms with van der Waals surface area (Å²) in [6.07, 6.45) is 2.76. The molecular formula is C20H21FN2O4. The molecule has 6 nitrogen and oxygen atoms in total. The van der Waals surface area contributed by atoms with E-state index in [0.717, 1.165) is 18.5 Å². The van der Waals surface area contributed by atoms with Crippen LogP contribution in [0.3, 0.4) is 0 Å². The topological polar surface area (TPSA) is 88.5 Å². The molecule has 4 rings (SSSR count). The molecule has 2 fully saturated rings. The number of pyridine rings is 1. The van der Waals surface area contributed by atoms with Crippen molar-refractivity contribution >= 4 is 22.8 Å². The third kappa shape index (κ3) is 3.51. The van der Waals surface area contributed by atoms with Gasteiger partial charge in [-0.15, -0.1) is 0 Å². The molecule has 2 N–H and O–H groups in total.